The standard InChI is InChI=1S/C15H18O3S/c1-4-14-10(2)19-15(17,11-8-6-5-7-9-11)13(14,3)12(16)18-14/h5-10,17H,4H2,1-3H3/t10-,13-,14-,15-/m0/s1. The number of esters is 1. The van der Waals surface area contributed by atoms with Crippen LogP contribution in [0, 0.1) is 5.41 Å². The molecule has 0 unspecified atom stereocenters. The molecule has 2 aliphatic rings. The molecule has 0 aliphatic carbocycles. The summed E-state index contributed by atoms with van der Waals surface area (Å²) in [5.74, 6) is -0.294. The van der Waals surface area contributed by atoms with Crippen LogP contribution < -0.4 is 0 Å². The summed E-state index contributed by atoms with van der Waals surface area (Å²) >= 11 is 1.44. The van der Waals surface area contributed by atoms with Gasteiger partial charge in [-0.05, 0) is 25.8 Å². The molecular weight excluding hydrogens is 260 g/mol. The molecule has 0 saturated carbocycles. The lowest BCUT2D eigenvalue weighted by atomic mass is 9.61. The summed E-state index contributed by atoms with van der Waals surface area (Å²) in [6.45, 7) is 5.88. The first-order valence-corrected chi connectivity index (χ1v) is 7.49. The fraction of sp³-hybridized carbons (Fsp3) is 0.533. The molecule has 4 atom stereocenters. The Morgan fingerprint density at radius 3 is 2.53 bits per heavy atom. The van der Waals surface area contributed by atoms with Gasteiger partial charge in [0.2, 0.25) is 0 Å². The minimum atomic E-state index is -1.21. The summed E-state index contributed by atoms with van der Waals surface area (Å²) in [5.41, 5.74) is -0.652. The molecule has 4 heteroatoms. The maximum atomic E-state index is 12.1. The van der Waals surface area contributed by atoms with E-state index in [2.05, 4.69) is 0 Å². The monoisotopic (exact) mass is 278 g/mol. The second kappa shape index (κ2) is 3.76. The first kappa shape index (κ1) is 13.0. The summed E-state index contributed by atoms with van der Waals surface area (Å²) < 4.78 is 5.51. The molecule has 102 valence electrons. The molecule has 0 amide bonds. The summed E-state index contributed by atoms with van der Waals surface area (Å²) in [6.07, 6.45) is 0.721. The van der Waals surface area contributed by atoms with Gasteiger partial charge in [0, 0.05) is 5.25 Å². The zero-order chi connectivity index (χ0) is 13.9. The highest BCUT2D eigenvalue weighted by molar-refractivity contribution is 8.01. The van der Waals surface area contributed by atoms with Crippen LogP contribution in [0.3, 0.4) is 0 Å². The predicted molar refractivity (Wildman–Crippen MR) is 74.6 cm³/mol. The van der Waals surface area contributed by atoms with E-state index < -0.39 is 15.9 Å². The second-order valence-corrected chi connectivity index (χ2v) is 7.06. The van der Waals surface area contributed by atoms with Gasteiger partial charge in [0.15, 0.2) is 4.93 Å². The van der Waals surface area contributed by atoms with Crippen molar-refractivity contribution in [1.82, 2.24) is 0 Å². The second-order valence-electron chi connectivity index (χ2n) is 5.53. The molecule has 0 aromatic heterocycles. The lowest BCUT2D eigenvalue weighted by molar-refractivity contribution is -0.260. The van der Waals surface area contributed by atoms with Gasteiger partial charge in [-0.25, -0.2) is 0 Å². The molecule has 0 spiro atoms. The molecule has 19 heavy (non-hydrogen) atoms. The Balaban J connectivity index is 2.17. The number of carbonyl (C=O) groups is 1. The number of rotatable bonds is 2. The highest BCUT2D eigenvalue weighted by Crippen LogP contribution is 2.71. The van der Waals surface area contributed by atoms with E-state index in [1.54, 1.807) is 0 Å². The average Bonchev–Trinajstić information content (AvgIpc) is 2.56. The fourth-order valence-corrected chi connectivity index (χ4v) is 5.53. The van der Waals surface area contributed by atoms with Crippen LogP contribution in [0.1, 0.15) is 32.8 Å². The number of benzene rings is 1. The van der Waals surface area contributed by atoms with Crippen LogP contribution in [0.15, 0.2) is 30.3 Å². The Kier molecular flexibility index (Phi) is 2.58. The molecule has 2 heterocycles. The number of thioether (sulfide) groups is 1. The number of hydrogen-bond donors (Lipinski definition) is 1. The van der Waals surface area contributed by atoms with Gasteiger partial charge in [0.05, 0.1) is 0 Å². The van der Waals surface area contributed by atoms with Crippen molar-refractivity contribution in [1.29, 1.82) is 0 Å². The average molecular weight is 278 g/mol. The molecule has 2 fully saturated rings. The quantitative estimate of drug-likeness (QED) is 0.845. The van der Waals surface area contributed by atoms with E-state index >= 15 is 0 Å². The SMILES string of the molecule is CC[C@@]12OC(=O)[C@]1(C)[C@](O)(c1ccccc1)S[C@H]2C. The number of fused-ring (bicyclic) bond motifs is 1. The molecule has 3 rings (SSSR count). The molecule has 2 aliphatic heterocycles. The van der Waals surface area contributed by atoms with Gasteiger partial charge < -0.3 is 9.84 Å². The summed E-state index contributed by atoms with van der Waals surface area (Å²) in [7, 11) is 0. The summed E-state index contributed by atoms with van der Waals surface area (Å²) in [5, 5.41) is 11.3. The van der Waals surface area contributed by atoms with Crippen molar-refractivity contribution < 1.29 is 14.6 Å². The van der Waals surface area contributed by atoms with Gasteiger partial charge >= 0.3 is 5.97 Å². The van der Waals surface area contributed by atoms with Crippen LogP contribution in [0.2, 0.25) is 0 Å². The molecular formula is C15H18O3S. The largest absolute Gasteiger partial charge is 0.456 e. The van der Waals surface area contributed by atoms with E-state index in [1.165, 1.54) is 11.8 Å². The Bertz CT molecular complexity index is 531. The Labute approximate surface area is 117 Å². The number of hydrogen-bond acceptors (Lipinski definition) is 4. The molecule has 3 nitrogen and oxygen atoms in total. The van der Waals surface area contributed by atoms with Crippen molar-refractivity contribution in [3.8, 4) is 0 Å². The normalized spacial score (nSPS) is 44.4. The van der Waals surface area contributed by atoms with Gasteiger partial charge in [0.25, 0.3) is 0 Å². The van der Waals surface area contributed by atoms with Crippen LogP contribution in [0.4, 0.5) is 0 Å². The van der Waals surface area contributed by atoms with Crippen LogP contribution in [-0.2, 0) is 14.5 Å². The minimum absolute atomic E-state index is 0.0745. The smallest absolute Gasteiger partial charge is 0.320 e. The topological polar surface area (TPSA) is 46.5 Å². The van der Waals surface area contributed by atoms with Crippen molar-refractivity contribution >= 4 is 17.7 Å². The third-order valence-corrected chi connectivity index (χ3v) is 6.62. The molecule has 0 radical (unpaired) electrons. The Hall–Kier alpha value is -1.00. The third-order valence-electron chi connectivity index (χ3n) is 4.90. The highest BCUT2D eigenvalue weighted by Gasteiger charge is 2.81. The predicted octanol–water partition coefficient (Wildman–Crippen LogP) is 2.68. The van der Waals surface area contributed by atoms with Gasteiger partial charge in [-0.1, -0.05) is 37.3 Å². The zero-order valence-corrected chi connectivity index (χ0v) is 12.2. The van der Waals surface area contributed by atoms with Crippen molar-refractivity contribution in [3.63, 3.8) is 0 Å². The van der Waals surface area contributed by atoms with Crippen molar-refractivity contribution in [2.75, 3.05) is 0 Å². The molecule has 2 saturated heterocycles. The molecule has 1 aromatic rings. The maximum absolute atomic E-state index is 12.1. The molecule has 0 bridgehead atoms. The van der Waals surface area contributed by atoms with Crippen LogP contribution >= 0.6 is 11.8 Å². The minimum Gasteiger partial charge on any atom is -0.456 e. The van der Waals surface area contributed by atoms with Gasteiger partial charge in [0.1, 0.15) is 11.0 Å². The van der Waals surface area contributed by atoms with E-state index in [0.717, 1.165) is 12.0 Å². The van der Waals surface area contributed by atoms with Crippen LogP contribution in [0.5, 0.6) is 0 Å². The lowest BCUT2D eigenvalue weighted by Crippen LogP contribution is -2.70. The van der Waals surface area contributed by atoms with Gasteiger partial charge in [-0.3, -0.25) is 4.79 Å². The van der Waals surface area contributed by atoms with Crippen molar-refractivity contribution in [2.45, 2.75) is 43.0 Å². The van der Waals surface area contributed by atoms with Crippen molar-refractivity contribution in [2.24, 2.45) is 5.41 Å². The number of aliphatic hydroxyl groups is 1. The Morgan fingerprint density at radius 2 is 2.00 bits per heavy atom. The molecule has 1 aromatic carbocycles. The zero-order valence-electron chi connectivity index (χ0n) is 11.3. The van der Waals surface area contributed by atoms with E-state index in [0.29, 0.717) is 0 Å². The van der Waals surface area contributed by atoms with E-state index in [-0.39, 0.29) is 11.2 Å². The van der Waals surface area contributed by atoms with Crippen LogP contribution in [0.25, 0.3) is 0 Å². The first-order valence-electron chi connectivity index (χ1n) is 6.61. The Morgan fingerprint density at radius 1 is 1.37 bits per heavy atom. The highest BCUT2D eigenvalue weighted by atomic mass is 32.2. The number of carbonyl (C=O) groups excluding carboxylic acids is 1. The van der Waals surface area contributed by atoms with E-state index in [4.69, 9.17) is 4.74 Å². The van der Waals surface area contributed by atoms with Gasteiger partial charge in [-0.15, -0.1) is 11.8 Å². The van der Waals surface area contributed by atoms with E-state index in [9.17, 15) is 9.90 Å². The number of ether oxygens (including phenoxy) is 1. The summed E-state index contributed by atoms with van der Waals surface area (Å²) in [6, 6.07) is 9.44. The van der Waals surface area contributed by atoms with Gasteiger partial charge in [-0.2, -0.15) is 0 Å². The third kappa shape index (κ3) is 1.22. The fourth-order valence-electron chi connectivity index (χ4n) is 3.61. The van der Waals surface area contributed by atoms with Crippen LogP contribution in [-0.4, -0.2) is 21.9 Å². The van der Waals surface area contributed by atoms with E-state index in [1.807, 2.05) is 51.1 Å². The maximum Gasteiger partial charge on any atom is 0.320 e. The first-order chi connectivity index (χ1) is 8.92. The van der Waals surface area contributed by atoms with Crippen molar-refractivity contribution in [3.05, 3.63) is 35.9 Å². The lowest BCUT2D eigenvalue weighted by Gasteiger charge is -2.55. The molecule has 1 N–H and O–H groups in total. The summed E-state index contributed by atoms with van der Waals surface area (Å²) in [4.78, 5) is 10.9.